The first-order valence-electron chi connectivity index (χ1n) is 9.91. The number of carbonyl (C=O) groups is 2. The van der Waals surface area contributed by atoms with Gasteiger partial charge in [-0.1, -0.05) is 0 Å². The Morgan fingerprint density at radius 3 is 2.63 bits per heavy atom. The number of nitrogens with one attached hydrogen (secondary N) is 2. The van der Waals surface area contributed by atoms with Gasteiger partial charge in [-0.3, -0.25) is 20.0 Å². The van der Waals surface area contributed by atoms with E-state index in [1.54, 1.807) is 11.1 Å². The molecular weight excluding hydrogens is 398 g/mol. The van der Waals surface area contributed by atoms with Crippen molar-refractivity contribution in [2.45, 2.75) is 32.8 Å². The minimum Gasteiger partial charge on any atom is -0.442 e. The summed E-state index contributed by atoms with van der Waals surface area (Å²) in [6.45, 7) is 4.36. The zero-order valence-electron chi connectivity index (χ0n) is 16.8. The Morgan fingerprint density at radius 2 is 2.03 bits per heavy atom. The van der Waals surface area contributed by atoms with Gasteiger partial charge in [0.25, 0.3) is 0 Å². The first-order chi connectivity index (χ1) is 14.3. The van der Waals surface area contributed by atoms with Crippen molar-refractivity contribution in [3.63, 3.8) is 0 Å². The lowest BCUT2D eigenvalue weighted by Crippen LogP contribution is -2.33. The highest BCUT2D eigenvalue weighted by Crippen LogP contribution is 2.55. The molecule has 2 fully saturated rings. The highest BCUT2D eigenvalue weighted by molar-refractivity contribution is 5.90. The van der Waals surface area contributed by atoms with E-state index in [0.29, 0.717) is 13.2 Å². The van der Waals surface area contributed by atoms with Crippen molar-refractivity contribution in [3.8, 4) is 0 Å². The van der Waals surface area contributed by atoms with E-state index in [-0.39, 0.29) is 35.8 Å². The fraction of sp³-hybridized carbons (Fsp3) is 0.500. The van der Waals surface area contributed by atoms with Gasteiger partial charge < -0.3 is 15.0 Å². The Balaban J connectivity index is 1.53. The number of hydroxylamine groups is 1. The monoisotopic (exact) mass is 422 g/mol. The molecule has 1 aliphatic carbocycles. The van der Waals surface area contributed by atoms with Gasteiger partial charge in [-0.15, -0.1) is 0 Å². The lowest BCUT2D eigenvalue weighted by molar-refractivity contribution is -0.119. The fourth-order valence-corrected chi connectivity index (χ4v) is 3.83. The van der Waals surface area contributed by atoms with Gasteiger partial charge in [0.15, 0.2) is 11.6 Å². The Labute approximate surface area is 172 Å². The van der Waals surface area contributed by atoms with Crippen LogP contribution in [0.15, 0.2) is 24.0 Å². The van der Waals surface area contributed by atoms with Crippen LogP contribution in [0.2, 0.25) is 0 Å². The Bertz CT molecular complexity index is 880. The van der Waals surface area contributed by atoms with E-state index in [1.807, 2.05) is 6.92 Å². The van der Waals surface area contributed by atoms with Crippen molar-refractivity contribution in [2.75, 3.05) is 36.0 Å². The first-order valence-corrected chi connectivity index (χ1v) is 9.91. The third-order valence-electron chi connectivity index (χ3n) is 5.56. The minimum atomic E-state index is -0.771. The number of cyclic esters (lactones) is 1. The smallest absolute Gasteiger partial charge is 0.414 e. The average molecular weight is 422 g/mol. The van der Waals surface area contributed by atoms with Crippen molar-refractivity contribution >= 4 is 23.4 Å². The number of hydrogen-bond donors (Lipinski definition) is 2. The number of nitrogens with zero attached hydrogens (tertiary/aromatic N) is 2. The maximum atomic E-state index is 14.9. The summed E-state index contributed by atoms with van der Waals surface area (Å²) < 4.78 is 35.1. The first kappa shape index (κ1) is 20.4. The second kappa shape index (κ2) is 7.75. The normalized spacial score (nSPS) is 21.7. The number of anilines is 2. The summed E-state index contributed by atoms with van der Waals surface area (Å²) in [5, 5.41) is 2.56. The molecule has 3 aliphatic rings. The standard InChI is InChI=1S/C20H24F2N4O4/c1-3-29-24-17-10-25(11-20(17)4-5-20)18-15(21)6-13(7-16(18)22)26-9-14(30-19(26)28)8-23-12(2)27/h6-7,10,14,24H,3-5,8-9,11H2,1-2H3,(H,23,27)/t14-/m0/s1. The van der Waals surface area contributed by atoms with Crippen LogP contribution in [0.1, 0.15) is 26.7 Å². The fourth-order valence-electron chi connectivity index (χ4n) is 3.83. The zero-order valence-corrected chi connectivity index (χ0v) is 16.8. The summed E-state index contributed by atoms with van der Waals surface area (Å²) in [6.07, 6.45) is 2.23. The molecule has 0 unspecified atom stereocenters. The number of carbonyl (C=O) groups excluding carboxylic acids is 2. The molecule has 162 valence electrons. The molecule has 2 N–H and O–H groups in total. The van der Waals surface area contributed by atoms with Gasteiger partial charge in [0, 0.05) is 37.2 Å². The van der Waals surface area contributed by atoms with Crippen LogP contribution < -0.4 is 20.6 Å². The van der Waals surface area contributed by atoms with Crippen LogP contribution in [0.4, 0.5) is 25.0 Å². The van der Waals surface area contributed by atoms with Gasteiger partial charge in [0.2, 0.25) is 5.91 Å². The summed E-state index contributed by atoms with van der Waals surface area (Å²) in [5.74, 6) is -1.79. The van der Waals surface area contributed by atoms with E-state index in [4.69, 9.17) is 9.57 Å². The molecule has 0 bridgehead atoms. The van der Waals surface area contributed by atoms with Crippen LogP contribution in [-0.4, -0.2) is 44.3 Å². The van der Waals surface area contributed by atoms with Gasteiger partial charge in [-0.25, -0.2) is 13.6 Å². The predicted octanol–water partition coefficient (Wildman–Crippen LogP) is 2.41. The number of rotatable bonds is 7. The summed E-state index contributed by atoms with van der Waals surface area (Å²) in [6, 6.07) is 2.25. The van der Waals surface area contributed by atoms with E-state index < -0.39 is 23.8 Å². The summed E-state index contributed by atoms with van der Waals surface area (Å²) in [4.78, 5) is 31.1. The molecule has 2 amide bonds. The second-order valence-corrected chi connectivity index (χ2v) is 7.80. The molecule has 4 rings (SSSR count). The lowest BCUT2D eigenvalue weighted by atomic mass is 10.1. The van der Waals surface area contributed by atoms with Crippen molar-refractivity contribution in [1.82, 2.24) is 10.8 Å². The topological polar surface area (TPSA) is 83.1 Å². The van der Waals surface area contributed by atoms with Crippen LogP contribution >= 0.6 is 0 Å². The van der Waals surface area contributed by atoms with Gasteiger partial charge >= 0.3 is 6.09 Å². The number of hydrogen-bond acceptors (Lipinski definition) is 6. The SMILES string of the molecule is CCONC1=CN(c2c(F)cc(N3C[C@H](CNC(C)=O)OC3=O)cc2F)CC12CC2. The molecule has 30 heavy (non-hydrogen) atoms. The third-order valence-corrected chi connectivity index (χ3v) is 5.56. The summed E-state index contributed by atoms with van der Waals surface area (Å²) >= 11 is 0. The highest BCUT2D eigenvalue weighted by Gasteiger charge is 2.52. The number of benzene rings is 1. The van der Waals surface area contributed by atoms with E-state index in [1.165, 1.54) is 6.92 Å². The van der Waals surface area contributed by atoms with E-state index in [2.05, 4.69) is 10.8 Å². The number of amides is 2. The van der Waals surface area contributed by atoms with E-state index in [0.717, 1.165) is 35.6 Å². The van der Waals surface area contributed by atoms with Crippen LogP contribution in [0, 0.1) is 17.0 Å². The highest BCUT2D eigenvalue weighted by atomic mass is 19.1. The molecule has 2 heterocycles. The molecule has 1 saturated heterocycles. The molecule has 1 aromatic rings. The molecule has 0 radical (unpaired) electrons. The maximum absolute atomic E-state index is 14.9. The van der Waals surface area contributed by atoms with Crippen molar-refractivity contribution in [1.29, 1.82) is 0 Å². The molecule has 0 aromatic heterocycles. The quantitative estimate of drug-likeness (QED) is 0.657. The minimum absolute atomic E-state index is 0.0704. The third kappa shape index (κ3) is 3.79. The van der Waals surface area contributed by atoms with Crippen LogP contribution in [0.25, 0.3) is 0 Å². The van der Waals surface area contributed by atoms with Gasteiger partial charge in [0.1, 0.15) is 11.8 Å². The van der Waals surface area contributed by atoms with Crippen LogP contribution in [0.5, 0.6) is 0 Å². The molecule has 1 saturated carbocycles. The molecule has 10 heteroatoms. The largest absolute Gasteiger partial charge is 0.442 e. The summed E-state index contributed by atoms with van der Waals surface area (Å²) in [5.41, 5.74) is 3.45. The van der Waals surface area contributed by atoms with Crippen molar-refractivity contribution in [2.24, 2.45) is 5.41 Å². The predicted molar refractivity (Wildman–Crippen MR) is 105 cm³/mol. The van der Waals surface area contributed by atoms with E-state index in [9.17, 15) is 18.4 Å². The van der Waals surface area contributed by atoms with Crippen molar-refractivity contribution < 1.29 is 27.9 Å². The van der Waals surface area contributed by atoms with Gasteiger partial charge in [-0.05, 0) is 19.8 Å². The average Bonchev–Trinajstić information content (AvgIpc) is 3.22. The van der Waals surface area contributed by atoms with Crippen LogP contribution in [-0.2, 0) is 14.4 Å². The van der Waals surface area contributed by atoms with Crippen LogP contribution in [0.3, 0.4) is 0 Å². The second-order valence-electron chi connectivity index (χ2n) is 7.80. The zero-order chi connectivity index (χ0) is 21.5. The lowest BCUT2D eigenvalue weighted by Gasteiger charge is -2.21. The molecule has 2 aliphatic heterocycles. The van der Waals surface area contributed by atoms with Crippen molar-refractivity contribution in [3.05, 3.63) is 35.7 Å². The Hall–Kier alpha value is -2.88. The van der Waals surface area contributed by atoms with E-state index >= 15 is 0 Å². The molecule has 1 atom stereocenters. The number of halogens is 2. The Morgan fingerprint density at radius 1 is 1.33 bits per heavy atom. The van der Waals surface area contributed by atoms with Gasteiger partial charge in [0.05, 0.1) is 31.1 Å². The molecule has 1 spiro atoms. The molecule has 8 nitrogen and oxygen atoms in total. The summed E-state index contributed by atoms with van der Waals surface area (Å²) in [7, 11) is 0. The Kier molecular flexibility index (Phi) is 5.27. The molecular formula is C20H24F2N4O4. The van der Waals surface area contributed by atoms with Gasteiger partial charge in [-0.2, -0.15) is 0 Å². The molecule has 1 aromatic carbocycles. The number of ether oxygens (including phenoxy) is 1. The maximum Gasteiger partial charge on any atom is 0.414 e.